The third kappa shape index (κ3) is 3.23. The zero-order chi connectivity index (χ0) is 13.8. The van der Waals surface area contributed by atoms with Gasteiger partial charge in [0.1, 0.15) is 6.61 Å². The number of cyclic esters (lactones) is 1. The van der Waals surface area contributed by atoms with Gasteiger partial charge in [-0.05, 0) is 19.4 Å². The van der Waals surface area contributed by atoms with E-state index < -0.39 is 6.09 Å². The Hall–Kier alpha value is -1.63. The summed E-state index contributed by atoms with van der Waals surface area (Å²) in [6, 6.07) is 0. The average Bonchev–Trinajstić information content (AvgIpc) is 2.84. The van der Waals surface area contributed by atoms with E-state index >= 15 is 0 Å². The number of methoxy groups -OCH3 is 1. The molecule has 106 valence electrons. The van der Waals surface area contributed by atoms with Crippen LogP contribution < -0.4 is 0 Å². The molecule has 0 aromatic heterocycles. The van der Waals surface area contributed by atoms with E-state index in [-0.39, 0.29) is 30.9 Å². The molecule has 2 amide bonds. The fraction of sp³-hybridized carbons (Fsp3) is 0.750. The molecule has 2 heterocycles. The molecule has 19 heavy (non-hydrogen) atoms. The number of rotatable bonds is 3. The smallest absolute Gasteiger partial charge is 0.416 e. The molecule has 1 unspecified atom stereocenters. The van der Waals surface area contributed by atoms with Crippen molar-refractivity contribution < 1.29 is 23.9 Å². The Balaban J connectivity index is 1.86. The monoisotopic (exact) mass is 270 g/mol. The lowest BCUT2D eigenvalue weighted by Crippen LogP contribution is -2.46. The van der Waals surface area contributed by atoms with E-state index in [9.17, 15) is 14.4 Å². The molecule has 0 aromatic rings. The molecule has 0 saturated carbocycles. The predicted octanol–water partition coefficient (Wildman–Crippen LogP) is -0.150. The van der Waals surface area contributed by atoms with Gasteiger partial charge in [-0.2, -0.15) is 0 Å². The van der Waals surface area contributed by atoms with Crippen molar-refractivity contribution in [1.29, 1.82) is 0 Å². The number of hydrogen-bond acceptors (Lipinski definition) is 6. The van der Waals surface area contributed by atoms with Gasteiger partial charge >= 0.3 is 12.1 Å². The SMILES string of the molecule is COC(=O)C1CCCN(CC(=O)N2CCOC2=O)C1. The fourth-order valence-corrected chi connectivity index (χ4v) is 2.45. The van der Waals surface area contributed by atoms with Crippen LogP contribution in [0.5, 0.6) is 0 Å². The second-order valence-corrected chi connectivity index (χ2v) is 4.76. The number of amides is 2. The van der Waals surface area contributed by atoms with Crippen molar-refractivity contribution in [3.05, 3.63) is 0 Å². The molecule has 2 aliphatic rings. The quantitative estimate of drug-likeness (QED) is 0.664. The number of ether oxygens (including phenoxy) is 2. The van der Waals surface area contributed by atoms with Crippen LogP contribution in [0.4, 0.5) is 4.79 Å². The summed E-state index contributed by atoms with van der Waals surface area (Å²) in [7, 11) is 1.37. The van der Waals surface area contributed by atoms with Gasteiger partial charge in [0.25, 0.3) is 0 Å². The molecule has 0 aromatic carbocycles. The van der Waals surface area contributed by atoms with Crippen LogP contribution in [-0.2, 0) is 19.1 Å². The highest BCUT2D eigenvalue weighted by molar-refractivity contribution is 5.94. The Morgan fingerprint density at radius 1 is 1.42 bits per heavy atom. The Labute approximate surface area is 111 Å². The van der Waals surface area contributed by atoms with E-state index in [2.05, 4.69) is 0 Å². The van der Waals surface area contributed by atoms with Crippen molar-refractivity contribution in [2.45, 2.75) is 12.8 Å². The number of carbonyl (C=O) groups excluding carboxylic acids is 3. The maximum atomic E-state index is 11.9. The second-order valence-electron chi connectivity index (χ2n) is 4.76. The molecule has 2 rings (SSSR count). The van der Waals surface area contributed by atoms with E-state index in [1.165, 1.54) is 7.11 Å². The van der Waals surface area contributed by atoms with Crippen molar-refractivity contribution in [3.8, 4) is 0 Å². The average molecular weight is 270 g/mol. The summed E-state index contributed by atoms with van der Waals surface area (Å²) in [5.41, 5.74) is 0. The van der Waals surface area contributed by atoms with Crippen molar-refractivity contribution in [2.24, 2.45) is 5.92 Å². The van der Waals surface area contributed by atoms with E-state index in [0.717, 1.165) is 24.3 Å². The first-order valence-electron chi connectivity index (χ1n) is 6.39. The summed E-state index contributed by atoms with van der Waals surface area (Å²) in [5, 5.41) is 0. The second kappa shape index (κ2) is 6.01. The van der Waals surface area contributed by atoms with Gasteiger partial charge in [-0.1, -0.05) is 0 Å². The Kier molecular flexibility index (Phi) is 4.36. The first-order valence-corrected chi connectivity index (χ1v) is 6.39. The molecule has 7 heteroatoms. The zero-order valence-corrected chi connectivity index (χ0v) is 11.0. The van der Waals surface area contributed by atoms with Gasteiger partial charge in [0, 0.05) is 6.54 Å². The highest BCUT2D eigenvalue weighted by Gasteiger charge is 2.32. The van der Waals surface area contributed by atoms with Gasteiger partial charge in [-0.3, -0.25) is 14.5 Å². The normalized spacial score (nSPS) is 24.2. The van der Waals surface area contributed by atoms with E-state index in [1.54, 1.807) is 0 Å². The summed E-state index contributed by atoms with van der Waals surface area (Å²) < 4.78 is 9.45. The number of carbonyl (C=O) groups is 3. The van der Waals surface area contributed by atoms with E-state index in [4.69, 9.17) is 9.47 Å². The molecule has 0 aliphatic carbocycles. The molecule has 0 spiro atoms. The number of esters is 1. The highest BCUT2D eigenvalue weighted by Crippen LogP contribution is 2.18. The largest absolute Gasteiger partial charge is 0.469 e. The lowest BCUT2D eigenvalue weighted by Gasteiger charge is -2.31. The number of hydrogen-bond donors (Lipinski definition) is 0. The van der Waals surface area contributed by atoms with Crippen LogP contribution >= 0.6 is 0 Å². The summed E-state index contributed by atoms with van der Waals surface area (Å²) in [6.07, 6.45) is 1.05. The van der Waals surface area contributed by atoms with Crippen LogP contribution in [-0.4, -0.2) is 67.7 Å². The maximum Gasteiger partial charge on any atom is 0.416 e. The minimum Gasteiger partial charge on any atom is -0.469 e. The number of piperidine rings is 1. The molecular formula is C12H18N2O5. The minimum absolute atomic E-state index is 0.141. The summed E-state index contributed by atoms with van der Waals surface area (Å²) in [6.45, 7) is 1.97. The Morgan fingerprint density at radius 2 is 2.21 bits per heavy atom. The first kappa shape index (κ1) is 13.8. The lowest BCUT2D eigenvalue weighted by atomic mass is 9.98. The summed E-state index contributed by atoms with van der Waals surface area (Å²) >= 11 is 0. The molecule has 1 atom stereocenters. The molecule has 2 saturated heterocycles. The standard InChI is InChI=1S/C12H18N2O5/c1-18-11(16)9-3-2-4-13(7-9)8-10(15)14-5-6-19-12(14)17/h9H,2-8H2,1H3. The van der Waals surface area contributed by atoms with E-state index in [1.807, 2.05) is 4.90 Å². The lowest BCUT2D eigenvalue weighted by molar-refractivity contribution is -0.148. The maximum absolute atomic E-state index is 11.9. The van der Waals surface area contributed by atoms with Gasteiger partial charge in [0.05, 0.1) is 26.1 Å². The third-order valence-electron chi connectivity index (χ3n) is 3.46. The third-order valence-corrected chi connectivity index (χ3v) is 3.46. The van der Waals surface area contributed by atoms with Gasteiger partial charge in [-0.25, -0.2) is 9.69 Å². The van der Waals surface area contributed by atoms with Crippen LogP contribution in [0.25, 0.3) is 0 Å². The fourth-order valence-electron chi connectivity index (χ4n) is 2.45. The molecule has 0 bridgehead atoms. The first-order chi connectivity index (χ1) is 9.11. The number of imide groups is 1. The van der Waals surface area contributed by atoms with Crippen LogP contribution in [0.15, 0.2) is 0 Å². The molecule has 0 N–H and O–H groups in total. The molecular weight excluding hydrogens is 252 g/mol. The van der Waals surface area contributed by atoms with Crippen molar-refractivity contribution in [1.82, 2.24) is 9.80 Å². The van der Waals surface area contributed by atoms with Crippen LogP contribution in [0, 0.1) is 5.92 Å². The number of nitrogens with zero attached hydrogens (tertiary/aromatic N) is 2. The zero-order valence-electron chi connectivity index (χ0n) is 11.0. The predicted molar refractivity (Wildman–Crippen MR) is 64.2 cm³/mol. The topological polar surface area (TPSA) is 76.2 Å². The molecule has 0 radical (unpaired) electrons. The highest BCUT2D eigenvalue weighted by atomic mass is 16.6. The summed E-state index contributed by atoms with van der Waals surface area (Å²) in [4.78, 5) is 37.7. The van der Waals surface area contributed by atoms with Crippen LogP contribution in [0.2, 0.25) is 0 Å². The van der Waals surface area contributed by atoms with Crippen LogP contribution in [0.1, 0.15) is 12.8 Å². The van der Waals surface area contributed by atoms with Gasteiger partial charge in [-0.15, -0.1) is 0 Å². The van der Waals surface area contributed by atoms with Crippen molar-refractivity contribution in [2.75, 3.05) is 39.9 Å². The molecule has 2 aliphatic heterocycles. The molecule has 2 fully saturated rings. The van der Waals surface area contributed by atoms with Crippen molar-refractivity contribution in [3.63, 3.8) is 0 Å². The number of likely N-dealkylation sites (tertiary alicyclic amines) is 1. The van der Waals surface area contributed by atoms with Gasteiger partial charge < -0.3 is 9.47 Å². The van der Waals surface area contributed by atoms with E-state index in [0.29, 0.717) is 13.1 Å². The van der Waals surface area contributed by atoms with Gasteiger partial charge in [0.15, 0.2) is 0 Å². The Bertz CT molecular complexity index is 384. The van der Waals surface area contributed by atoms with Crippen LogP contribution in [0.3, 0.4) is 0 Å². The summed E-state index contributed by atoms with van der Waals surface area (Å²) in [5.74, 6) is -0.692. The van der Waals surface area contributed by atoms with Gasteiger partial charge in [0.2, 0.25) is 5.91 Å². The minimum atomic E-state index is -0.577. The molecule has 7 nitrogen and oxygen atoms in total. The van der Waals surface area contributed by atoms with Crippen molar-refractivity contribution >= 4 is 18.0 Å². The Morgan fingerprint density at radius 3 is 2.84 bits per heavy atom.